The van der Waals surface area contributed by atoms with Crippen molar-refractivity contribution in [3.8, 4) is 5.75 Å². The molecule has 1 aliphatic heterocycles. The van der Waals surface area contributed by atoms with Gasteiger partial charge in [-0.05, 0) is 54.5 Å². The zero-order valence-electron chi connectivity index (χ0n) is 18.8. The molecule has 2 N–H and O–H groups in total. The number of benzene rings is 3. The summed E-state index contributed by atoms with van der Waals surface area (Å²) in [5.74, 6) is 0.0574. The van der Waals surface area contributed by atoms with Crippen molar-refractivity contribution in [2.75, 3.05) is 29.2 Å². The molecule has 0 radical (unpaired) electrons. The molecular formula is C27H25N3O4. The Morgan fingerprint density at radius 1 is 0.971 bits per heavy atom. The van der Waals surface area contributed by atoms with Gasteiger partial charge in [-0.1, -0.05) is 30.3 Å². The van der Waals surface area contributed by atoms with Crippen LogP contribution in [0.4, 0.5) is 17.1 Å². The largest absolute Gasteiger partial charge is 0.497 e. The average Bonchev–Trinajstić information content (AvgIpc) is 3.29. The van der Waals surface area contributed by atoms with Gasteiger partial charge in [0.05, 0.1) is 18.4 Å². The van der Waals surface area contributed by atoms with Crippen LogP contribution in [0.2, 0.25) is 0 Å². The van der Waals surface area contributed by atoms with Crippen LogP contribution < -0.4 is 20.3 Å². The van der Waals surface area contributed by atoms with Gasteiger partial charge in [-0.25, -0.2) is 0 Å². The molecule has 0 aliphatic carbocycles. The third-order valence-electron chi connectivity index (χ3n) is 5.46. The fourth-order valence-corrected chi connectivity index (χ4v) is 3.72. The summed E-state index contributed by atoms with van der Waals surface area (Å²) >= 11 is 0. The molecule has 7 heteroatoms. The van der Waals surface area contributed by atoms with Crippen molar-refractivity contribution in [3.05, 3.63) is 90.0 Å². The van der Waals surface area contributed by atoms with Gasteiger partial charge >= 0.3 is 0 Å². The summed E-state index contributed by atoms with van der Waals surface area (Å²) < 4.78 is 5.19. The van der Waals surface area contributed by atoms with E-state index in [1.807, 2.05) is 24.3 Å². The van der Waals surface area contributed by atoms with E-state index >= 15 is 0 Å². The Kier molecular flexibility index (Phi) is 7.03. The van der Waals surface area contributed by atoms with Crippen molar-refractivity contribution in [1.29, 1.82) is 0 Å². The van der Waals surface area contributed by atoms with E-state index in [9.17, 15) is 14.4 Å². The number of ether oxygens (including phenoxy) is 1. The van der Waals surface area contributed by atoms with E-state index in [0.717, 1.165) is 24.2 Å². The molecule has 0 atom stereocenters. The number of hydrogen-bond donors (Lipinski definition) is 2. The summed E-state index contributed by atoms with van der Waals surface area (Å²) in [6.45, 7) is 0.737. The van der Waals surface area contributed by atoms with Gasteiger partial charge in [-0.15, -0.1) is 0 Å². The Labute approximate surface area is 198 Å². The predicted octanol–water partition coefficient (Wildman–Crippen LogP) is 4.73. The number of methoxy groups -OCH3 is 1. The first kappa shape index (κ1) is 22.8. The number of nitrogens with zero attached hydrogens (tertiary/aromatic N) is 1. The molecule has 4 rings (SSSR count). The van der Waals surface area contributed by atoms with Gasteiger partial charge in [-0.2, -0.15) is 0 Å². The topological polar surface area (TPSA) is 87.7 Å². The summed E-state index contributed by atoms with van der Waals surface area (Å²) in [6, 6.07) is 21.3. The third-order valence-corrected chi connectivity index (χ3v) is 5.46. The molecule has 172 valence electrons. The molecule has 0 aromatic heterocycles. The minimum atomic E-state index is -0.361. The van der Waals surface area contributed by atoms with Gasteiger partial charge in [0.1, 0.15) is 5.75 Å². The Hall–Kier alpha value is -4.39. The van der Waals surface area contributed by atoms with E-state index < -0.39 is 0 Å². The number of rotatable bonds is 7. The third kappa shape index (κ3) is 5.50. The van der Waals surface area contributed by atoms with Gasteiger partial charge < -0.3 is 20.3 Å². The molecule has 1 fully saturated rings. The Bertz CT molecular complexity index is 1230. The molecule has 3 amide bonds. The lowest BCUT2D eigenvalue weighted by molar-refractivity contribution is -0.117. The highest BCUT2D eigenvalue weighted by molar-refractivity contribution is 6.11. The van der Waals surface area contributed by atoms with E-state index in [-0.39, 0.29) is 17.7 Å². The number of para-hydroxylation sites is 1. The maximum atomic E-state index is 12.8. The van der Waals surface area contributed by atoms with Crippen LogP contribution in [0.1, 0.15) is 28.8 Å². The summed E-state index contributed by atoms with van der Waals surface area (Å²) in [5, 5.41) is 5.59. The normalized spacial score (nSPS) is 13.2. The summed E-state index contributed by atoms with van der Waals surface area (Å²) in [7, 11) is 1.56. The molecule has 3 aromatic rings. The molecule has 0 spiro atoms. The highest BCUT2D eigenvalue weighted by Gasteiger charge is 2.21. The molecule has 1 heterocycles. The van der Waals surface area contributed by atoms with Gasteiger partial charge in [-0.3, -0.25) is 14.4 Å². The second-order valence-electron chi connectivity index (χ2n) is 7.79. The van der Waals surface area contributed by atoms with Crippen molar-refractivity contribution >= 4 is 40.9 Å². The van der Waals surface area contributed by atoms with Crippen LogP contribution in [-0.2, 0) is 9.59 Å². The smallest absolute Gasteiger partial charge is 0.257 e. The molecule has 0 unspecified atom stereocenters. The van der Waals surface area contributed by atoms with Crippen LogP contribution in [0, 0.1) is 0 Å². The lowest BCUT2D eigenvalue weighted by atomic mass is 10.1. The van der Waals surface area contributed by atoms with E-state index in [2.05, 4.69) is 10.6 Å². The summed E-state index contributed by atoms with van der Waals surface area (Å²) in [6.07, 6.45) is 4.55. The summed E-state index contributed by atoms with van der Waals surface area (Å²) in [4.78, 5) is 39.0. The highest BCUT2D eigenvalue weighted by atomic mass is 16.5. The first-order valence-corrected chi connectivity index (χ1v) is 11.0. The first-order valence-electron chi connectivity index (χ1n) is 11.0. The van der Waals surface area contributed by atoms with E-state index in [1.165, 1.54) is 6.08 Å². The zero-order valence-corrected chi connectivity index (χ0v) is 18.8. The molecule has 1 saturated heterocycles. The number of carbonyl (C=O) groups is 3. The van der Waals surface area contributed by atoms with Crippen molar-refractivity contribution in [3.63, 3.8) is 0 Å². The second-order valence-corrected chi connectivity index (χ2v) is 7.79. The second kappa shape index (κ2) is 10.5. The SMILES string of the molecule is COc1cccc(NC(=O)c2ccccc2NC(=O)/C=C/c2ccc(N3CCCC3=O)cc2)c1. The van der Waals surface area contributed by atoms with Gasteiger partial charge in [0.2, 0.25) is 11.8 Å². The Morgan fingerprint density at radius 3 is 2.50 bits per heavy atom. The van der Waals surface area contributed by atoms with Crippen molar-refractivity contribution in [1.82, 2.24) is 0 Å². The van der Waals surface area contributed by atoms with E-state index in [0.29, 0.717) is 29.1 Å². The number of nitrogens with one attached hydrogen (secondary N) is 2. The zero-order chi connectivity index (χ0) is 23.9. The maximum absolute atomic E-state index is 12.8. The minimum absolute atomic E-state index is 0.136. The fourth-order valence-electron chi connectivity index (χ4n) is 3.72. The maximum Gasteiger partial charge on any atom is 0.257 e. The van der Waals surface area contributed by atoms with Crippen molar-refractivity contribution < 1.29 is 19.1 Å². The fraction of sp³-hybridized carbons (Fsp3) is 0.148. The number of amides is 3. The monoisotopic (exact) mass is 455 g/mol. The van der Waals surface area contributed by atoms with Crippen molar-refractivity contribution in [2.45, 2.75) is 12.8 Å². The number of anilines is 3. The Balaban J connectivity index is 1.41. The van der Waals surface area contributed by atoms with Crippen LogP contribution in [-0.4, -0.2) is 31.4 Å². The molecule has 34 heavy (non-hydrogen) atoms. The standard InChI is InChI=1S/C27H25N3O4/c1-34-22-7-4-6-20(18-22)28-27(33)23-8-2-3-9-24(23)29-25(31)16-13-19-11-14-21(15-12-19)30-17-5-10-26(30)32/h2-4,6-9,11-16,18H,5,10,17H2,1H3,(H,28,33)(H,29,31)/b16-13+. The quantitative estimate of drug-likeness (QED) is 0.505. The molecule has 3 aromatic carbocycles. The van der Waals surface area contributed by atoms with Crippen LogP contribution in [0.3, 0.4) is 0 Å². The number of hydrogen-bond acceptors (Lipinski definition) is 4. The first-order chi connectivity index (χ1) is 16.5. The highest BCUT2D eigenvalue weighted by Crippen LogP contribution is 2.23. The lowest BCUT2D eigenvalue weighted by Gasteiger charge is -2.15. The lowest BCUT2D eigenvalue weighted by Crippen LogP contribution is -2.23. The van der Waals surface area contributed by atoms with Crippen molar-refractivity contribution in [2.24, 2.45) is 0 Å². The Morgan fingerprint density at radius 2 is 1.76 bits per heavy atom. The molecule has 0 saturated carbocycles. The number of carbonyl (C=O) groups excluding carboxylic acids is 3. The van der Waals surface area contributed by atoms with Crippen LogP contribution in [0.5, 0.6) is 5.75 Å². The predicted molar refractivity (Wildman–Crippen MR) is 133 cm³/mol. The van der Waals surface area contributed by atoms with E-state index in [1.54, 1.807) is 66.6 Å². The summed E-state index contributed by atoms with van der Waals surface area (Å²) in [5.41, 5.74) is 3.02. The molecular weight excluding hydrogens is 430 g/mol. The molecule has 7 nitrogen and oxygen atoms in total. The molecule has 0 bridgehead atoms. The van der Waals surface area contributed by atoms with Crippen LogP contribution in [0.25, 0.3) is 6.08 Å². The average molecular weight is 456 g/mol. The van der Waals surface area contributed by atoms with Gasteiger partial charge in [0, 0.05) is 36.5 Å². The van der Waals surface area contributed by atoms with Gasteiger partial charge in [0.25, 0.3) is 5.91 Å². The molecule has 1 aliphatic rings. The van der Waals surface area contributed by atoms with E-state index in [4.69, 9.17) is 4.74 Å². The van der Waals surface area contributed by atoms with Crippen LogP contribution in [0.15, 0.2) is 78.9 Å². The minimum Gasteiger partial charge on any atom is -0.497 e. The van der Waals surface area contributed by atoms with Crippen LogP contribution >= 0.6 is 0 Å². The van der Waals surface area contributed by atoms with Gasteiger partial charge in [0.15, 0.2) is 0 Å².